The summed E-state index contributed by atoms with van der Waals surface area (Å²) in [5.41, 5.74) is 0. The molecule has 1 aliphatic heterocycles. The van der Waals surface area contributed by atoms with Crippen LogP contribution >= 0.6 is 15.9 Å². The standard InChI is InChI=1S/C20H24BrNO4S/c1-3-14(2)22(18-8-9-27(24,25)13-18)20(23)12-26-19-7-5-15-10-17(21)6-4-16(15)11-19/h4-7,10-11,14,18H,3,8-9,12-13H2,1-2H3. The van der Waals surface area contributed by atoms with Gasteiger partial charge in [-0.2, -0.15) is 0 Å². The van der Waals surface area contributed by atoms with E-state index in [0.717, 1.165) is 21.7 Å². The fourth-order valence-electron chi connectivity index (χ4n) is 3.50. The summed E-state index contributed by atoms with van der Waals surface area (Å²) in [5.74, 6) is 0.663. The van der Waals surface area contributed by atoms with Gasteiger partial charge in [-0.1, -0.05) is 35.0 Å². The minimum atomic E-state index is -3.05. The fourth-order valence-corrected chi connectivity index (χ4v) is 5.60. The third-order valence-corrected chi connectivity index (χ3v) is 7.34. The Morgan fingerprint density at radius 1 is 1.26 bits per heavy atom. The summed E-state index contributed by atoms with van der Waals surface area (Å²) in [6.07, 6.45) is 1.27. The van der Waals surface area contributed by atoms with Gasteiger partial charge in [0.2, 0.25) is 0 Å². The van der Waals surface area contributed by atoms with Crippen LogP contribution in [-0.2, 0) is 14.6 Å². The summed E-state index contributed by atoms with van der Waals surface area (Å²) in [6.45, 7) is 3.86. The number of hydrogen-bond acceptors (Lipinski definition) is 4. The molecule has 2 unspecified atom stereocenters. The molecule has 0 N–H and O–H groups in total. The van der Waals surface area contributed by atoms with Gasteiger partial charge in [-0.05, 0) is 54.8 Å². The van der Waals surface area contributed by atoms with Crippen molar-refractivity contribution in [2.24, 2.45) is 0 Å². The van der Waals surface area contributed by atoms with Crippen LogP contribution in [0.1, 0.15) is 26.7 Å². The first-order valence-corrected chi connectivity index (χ1v) is 11.7. The van der Waals surface area contributed by atoms with Crippen molar-refractivity contribution in [1.29, 1.82) is 0 Å². The normalized spacial score (nSPS) is 19.7. The molecule has 2 atom stereocenters. The molecular formula is C20H24BrNO4S. The quantitative estimate of drug-likeness (QED) is 0.666. The molecule has 0 spiro atoms. The first-order valence-electron chi connectivity index (χ1n) is 9.13. The van der Waals surface area contributed by atoms with Gasteiger partial charge in [-0.25, -0.2) is 8.42 Å². The Kier molecular flexibility index (Phi) is 6.11. The monoisotopic (exact) mass is 453 g/mol. The molecule has 3 rings (SSSR count). The molecule has 0 radical (unpaired) electrons. The van der Waals surface area contributed by atoms with Crippen molar-refractivity contribution in [3.05, 3.63) is 40.9 Å². The molecule has 2 aromatic rings. The Balaban J connectivity index is 1.71. The second-order valence-corrected chi connectivity index (χ2v) is 10.2. The molecule has 1 fully saturated rings. The first kappa shape index (κ1) is 20.1. The maximum absolute atomic E-state index is 12.8. The lowest BCUT2D eigenvalue weighted by molar-refractivity contribution is -0.137. The number of sulfone groups is 1. The van der Waals surface area contributed by atoms with E-state index >= 15 is 0 Å². The largest absolute Gasteiger partial charge is 0.484 e. The van der Waals surface area contributed by atoms with E-state index in [9.17, 15) is 13.2 Å². The van der Waals surface area contributed by atoms with E-state index in [1.54, 1.807) is 4.90 Å². The van der Waals surface area contributed by atoms with E-state index in [1.165, 1.54) is 0 Å². The van der Waals surface area contributed by atoms with Crippen molar-refractivity contribution in [3.8, 4) is 5.75 Å². The fraction of sp³-hybridized carbons (Fsp3) is 0.450. The van der Waals surface area contributed by atoms with Crippen LogP contribution in [0.3, 0.4) is 0 Å². The Labute approximate surface area is 168 Å². The van der Waals surface area contributed by atoms with Crippen LogP contribution in [0.25, 0.3) is 10.8 Å². The van der Waals surface area contributed by atoms with Crippen LogP contribution in [0.5, 0.6) is 5.75 Å². The van der Waals surface area contributed by atoms with Crippen molar-refractivity contribution in [1.82, 2.24) is 4.90 Å². The molecule has 1 heterocycles. The Bertz CT molecular complexity index is 944. The van der Waals surface area contributed by atoms with Crippen molar-refractivity contribution in [2.75, 3.05) is 18.1 Å². The number of carbonyl (C=O) groups excluding carboxylic acids is 1. The van der Waals surface area contributed by atoms with Gasteiger partial charge < -0.3 is 9.64 Å². The van der Waals surface area contributed by atoms with Gasteiger partial charge in [-0.3, -0.25) is 4.79 Å². The molecular weight excluding hydrogens is 430 g/mol. The van der Waals surface area contributed by atoms with Crippen LogP contribution in [0.2, 0.25) is 0 Å². The Hall–Kier alpha value is -1.60. The zero-order valence-corrected chi connectivity index (χ0v) is 17.9. The van der Waals surface area contributed by atoms with Crippen molar-refractivity contribution in [2.45, 2.75) is 38.8 Å². The third kappa shape index (κ3) is 4.82. The molecule has 2 aromatic carbocycles. The van der Waals surface area contributed by atoms with Crippen LogP contribution in [0, 0.1) is 0 Å². The molecule has 0 saturated carbocycles. The molecule has 7 heteroatoms. The second-order valence-electron chi connectivity index (χ2n) is 7.06. The number of fused-ring (bicyclic) bond motifs is 1. The zero-order valence-electron chi connectivity index (χ0n) is 15.5. The highest BCUT2D eigenvalue weighted by Crippen LogP contribution is 2.25. The smallest absolute Gasteiger partial charge is 0.261 e. The maximum atomic E-state index is 12.8. The third-order valence-electron chi connectivity index (χ3n) is 5.09. The van der Waals surface area contributed by atoms with E-state index in [0.29, 0.717) is 12.2 Å². The number of ether oxygens (including phenoxy) is 1. The maximum Gasteiger partial charge on any atom is 0.261 e. The number of benzene rings is 2. The highest BCUT2D eigenvalue weighted by molar-refractivity contribution is 9.10. The lowest BCUT2D eigenvalue weighted by Gasteiger charge is -2.33. The van der Waals surface area contributed by atoms with Crippen LogP contribution in [-0.4, -0.2) is 49.4 Å². The lowest BCUT2D eigenvalue weighted by Crippen LogP contribution is -2.48. The van der Waals surface area contributed by atoms with Crippen LogP contribution < -0.4 is 4.74 Å². The van der Waals surface area contributed by atoms with Gasteiger partial charge in [0, 0.05) is 16.6 Å². The van der Waals surface area contributed by atoms with Gasteiger partial charge in [-0.15, -0.1) is 0 Å². The predicted octanol–water partition coefficient (Wildman–Crippen LogP) is 3.80. The molecule has 5 nitrogen and oxygen atoms in total. The molecule has 1 amide bonds. The number of carbonyl (C=O) groups is 1. The minimum absolute atomic E-state index is 0.0200. The molecule has 0 bridgehead atoms. The van der Waals surface area contributed by atoms with Crippen molar-refractivity contribution < 1.29 is 17.9 Å². The number of halogens is 1. The van der Waals surface area contributed by atoms with E-state index in [2.05, 4.69) is 15.9 Å². The average Bonchev–Trinajstić information content (AvgIpc) is 2.99. The van der Waals surface area contributed by atoms with Crippen molar-refractivity contribution in [3.63, 3.8) is 0 Å². The number of nitrogens with zero attached hydrogens (tertiary/aromatic N) is 1. The first-order chi connectivity index (χ1) is 12.8. The van der Waals surface area contributed by atoms with Gasteiger partial charge >= 0.3 is 0 Å². The number of hydrogen-bond donors (Lipinski definition) is 0. The number of rotatable bonds is 6. The summed E-state index contributed by atoms with van der Waals surface area (Å²) in [7, 11) is -3.05. The number of amides is 1. The van der Waals surface area contributed by atoms with E-state index < -0.39 is 9.84 Å². The van der Waals surface area contributed by atoms with Crippen LogP contribution in [0.4, 0.5) is 0 Å². The van der Waals surface area contributed by atoms with Crippen LogP contribution in [0.15, 0.2) is 40.9 Å². The molecule has 0 aliphatic carbocycles. The summed E-state index contributed by atoms with van der Waals surface area (Å²) in [5, 5.41) is 2.12. The van der Waals surface area contributed by atoms with E-state index in [4.69, 9.17) is 4.74 Å². The van der Waals surface area contributed by atoms with E-state index in [-0.39, 0.29) is 36.1 Å². The predicted molar refractivity (Wildman–Crippen MR) is 111 cm³/mol. The highest BCUT2D eigenvalue weighted by atomic mass is 79.9. The van der Waals surface area contributed by atoms with Crippen molar-refractivity contribution >= 4 is 42.4 Å². The molecule has 1 aliphatic rings. The Morgan fingerprint density at radius 3 is 2.63 bits per heavy atom. The van der Waals surface area contributed by atoms with Gasteiger partial charge in [0.25, 0.3) is 5.91 Å². The summed E-state index contributed by atoms with van der Waals surface area (Å²) < 4.78 is 30.4. The van der Waals surface area contributed by atoms with E-state index in [1.807, 2.05) is 50.2 Å². The molecule has 27 heavy (non-hydrogen) atoms. The summed E-state index contributed by atoms with van der Waals surface area (Å²) >= 11 is 3.45. The van der Waals surface area contributed by atoms with Gasteiger partial charge in [0.15, 0.2) is 16.4 Å². The highest BCUT2D eigenvalue weighted by Gasteiger charge is 2.36. The minimum Gasteiger partial charge on any atom is -0.484 e. The Morgan fingerprint density at radius 2 is 1.96 bits per heavy atom. The van der Waals surface area contributed by atoms with Gasteiger partial charge in [0.05, 0.1) is 11.5 Å². The topological polar surface area (TPSA) is 63.7 Å². The zero-order chi connectivity index (χ0) is 19.6. The molecule has 146 valence electrons. The SMILES string of the molecule is CCC(C)N(C(=O)COc1ccc2cc(Br)ccc2c1)C1CCS(=O)(=O)C1. The summed E-state index contributed by atoms with van der Waals surface area (Å²) in [4.78, 5) is 14.5. The average molecular weight is 454 g/mol. The molecule has 1 saturated heterocycles. The summed E-state index contributed by atoms with van der Waals surface area (Å²) in [6, 6.07) is 11.4. The molecule has 0 aromatic heterocycles. The second kappa shape index (κ2) is 8.19. The lowest BCUT2D eigenvalue weighted by atomic mass is 10.1. The van der Waals surface area contributed by atoms with Gasteiger partial charge in [0.1, 0.15) is 5.75 Å².